The van der Waals surface area contributed by atoms with Gasteiger partial charge in [-0.1, -0.05) is 0 Å². The summed E-state index contributed by atoms with van der Waals surface area (Å²) in [6.45, 7) is 10.8. The minimum atomic E-state index is -0.498. The van der Waals surface area contributed by atoms with Crippen molar-refractivity contribution in [1.82, 2.24) is 20.6 Å². The van der Waals surface area contributed by atoms with Gasteiger partial charge in [0.25, 0.3) is 0 Å². The van der Waals surface area contributed by atoms with Crippen LogP contribution in [-0.2, 0) is 16.0 Å². The first-order valence-electron chi connectivity index (χ1n) is 8.13. The lowest BCUT2D eigenvalue weighted by atomic mass is 9.82. The Hall–Kier alpha value is -1.60. The number of nitrogens with one attached hydrogen (secondary N) is 3. The van der Waals surface area contributed by atoms with Crippen LogP contribution in [0.5, 0.6) is 0 Å². The SMILES string of the molecule is CCOC1CC(NC(=O)OC(C)(C)C)C1NCc1nc[nH]c1C. The Labute approximate surface area is 137 Å². The minimum absolute atomic E-state index is 0.000600. The van der Waals surface area contributed by atoms with Crippen LogP contribution < -0.4 is 10.6 Å². The molecule has 1 fully saturated rings. The second-order valence-electron chi connectivity index (χ2n) is 6.86. The summed E-state index contributed by atoms with van der Waals surface area (Å²) in [6.07, 6.45) is 2.17. The van der Waals surface area contributed by atoms with E-state index in [-0.39, 0.29) is 24.3 Å². The zero-order valence-electron chi connectivity index (χ0n) is 14.6. The van der Waals surface area contributed by atoms with Crippen LogP contribution in [0.25, 0.3) is 0 Å². The summed E-state index contributed by atoms with van der Waals surface area (Å²) < 4.78 is 11.0. The highest BCUT2D eigenvalue weighted by molar-refractivity contribution is 5.68. The number of hydrogen-bond donors (Lipinski definition) is 3. The summed E-state index contributed by atoms with van der Waals surface area (Å²) in [7, 11) is 0. The van der Waals surface area contributed by atoms with Crippen LogP contribution in [0.2, 0.25) is 0 Å². The molecular formula is C16H28N4O3. The van der Waals surface area contributed by atoms with Gasteiger partial charge in [-0.05, 0) is 41.0 Å². The molecule has 23 heavy (non-hydrogen) atoms. The number of amides is 1. The molecule has 1 heterocycles. The summed E-state index contributed by atoms with van der Waals surface area (Å²) in [5.41, 5.74) is 1.52. The number of rotatable bonds is 6. The van der Waals surface area contributed by atoms with Gasteiger partial charge in [0.1, 0.15) is 5.60 Å². The van der Waals surface area contributed by atoms with Gasteiger partial charge >= 0.3 is 6.09 Å². The van der Waals surface area contributed by atoms with E-state index in [4.69, 9.17) is 9.47 Å². The van der Waals surface area contributed by atoms with E-state index in [1.165, 1.54) is 0 Å². The Morgan fingerprint density at radius 1 is 1.48 bits per heavy atom. The van der Waals surface area contributed by atoms with Crippen molar-refractivity contribution < 1.29 is 14.3 Å². The van der Waals surface area contributed by atoms with Gasteiger partial charge < -0.3 is 25.1 Å². The lowest BCUT2D eigenvalue weighted by molar-refractivity contribution is -0.0439. The average Bonchev–Trinajstić information content (AvgIpc) is 2.81. The molecule has 0 aromatic carbocycles. The second kappa shape index (κ2) is 7.31. The van der Waals surface area contributed by atoms with Gasteiger partial charge in [-0.25, -0.2) is 9.78 Å². The van der Waals surface area contributed by atoms with Crippen molar-refractivity contribution in [1.29, 1.82) is 0 Å². The zero-order chi connectivity index (χ0) is 17.0. The van der Waals surface area contributed by atoms with Crippen LogP contribution >= 0.6 is 0 Å². The van der Waals surface area contributed by atoms with Crippen molar-refractivity contribution in [3.8, 4) is 0 Å². The van der Waals surface area contributed by atoms with Crippen LogP contribution in [0.3, 0.4) is 0 Å². The lowest BCUT2D eigenvalue weighted by Crippen LogP contribution is -2.66. The summed E-state index contributed by atoms with van der Waals surface area (Å²) in [5, 5.41) is 6.36. The molecular weight excluding hydrogens is 296 g/mol. The third-order valence-electron chi connectivity index (χ3n) is 3.84. The fraction of sp³-hybridized carbons (Fsp3) is 0.750. The van der Waals surface area contributed by atoms with Gasteiger partial charge in [0, 0.05) is 18.8 Å². The number of ether oxygens (including phenoxy) is 2. The number of aryl methyl sites for hydroxylation is 1. The van der Waals surface area contributed by atoms with Gasteiger partial charge in [-0.2, -0.15) is 0 Å². The van der Waals surface area contributed by atoms with Gasteiger partial charge in [-0.15, -0.1) is 0 Å². The van der Waals surface area contributed by atoms with Gasteiger partial charge in [-0.3, -0.25) is 0 Å². The quantitative estimate of drug-likeness (QED) is 0.743. The number of carbonyl (C=O) groups is 1. The van der Waals surface area contributed by atoms with Gasteiger partial charge in [0.15, 0.2) is 0 Å². The van der Waals surface area contributed by atoms with E-state index in [0.717, 1.165) is 17.8 Å². The number of carbonyl (C=O) groups excluding carboxylic acids is 1. The molecule has 7 heteroatoms. The Balaban J connectivity index is 1.89. The number of hydrogen-bond acceptors (Lipinski definition) is 5. The first kappa shape index (κ1) is 17.7. The van der Waals surface area contributed by atoms with E-state index >= 15 is 0 Å². The third kappa shape index (κ3) is 4.94. The zero-order valence-corrected chi connectivity index (χ0v) is 14.6. The molecule has 3 N–H and O–H groups in total. The summed E-state index contributed by atoms with van der Waals surface area (Å²) in [4.78, 5) is 19.3. The number of H-pyrrole nitrogens is 1. The summed E-state index contributed by atoms with van der Waals surface area (Å²) in [5.74, 6) is 0. The molecule has 1 aromatic heterocycles. The summed E-state index contributed by atoms with van der Waals surface area (Å²) in [6, 6.07) is 0.0548. The Kier molecular flexibility index (Phi) is 5.64. The van der Waals surface area contributed by atoms with Crippen molar-refractivity contribution in [3.05, 3.63) is 17.7 Å². The predicted molar refractivity (Wildman–Crippen MR) is 87.1 cm³/mol. The normalized spacial score (nSPS) is 24.1. The molecule has 1 aromatic rings. The molecule has 7 nitrogen and oxygen atoms in total. The van der Waals surface area contributed by atoms with Crippen LogP contribution in [0.1, 0.15) is 45.5 Å². The smallest absolute Gasteiger partial charge is 0.407 e. The topological polar surface area (TPSA) is 88.3 Å². The van der Waals surface area contributed by atoms with Crippen molar-refractivity contribution in [2.75, 3.05) is 6.61 Å². The highest BCUT2D eigenvalue weighted by Crippen LogP contribution is 2.25. The molecule has 3 atom stereocenters. The van der Waals surface area contributed by atoms with Crippen molar-refractivity contribution >= 4 is 6.09 Å². The number of imidazole rings is 1. The fourth-order valence-corrected chi connectivity index (χ4v) is 2.65. The molecule has 1 amide bonds. The highest BCUT2D eigenvalue weighted by atomic mass is 16.6. The molecule has 0 saturated heterocycles. The summed E-state index contributed by atoms with van der Waals surface area (Å²) >= 11 is 0. The molecule has 0 bridgehead atoms. The Morgan fingerprint density at radius 3 is 2.78 bits per heavy atom. The maximum atomic E-state index is 11.9. The van der Waals surface area contributed by atoms with Crippen molar-refractivity contribution in [2.24, 2.45) is 0 Å². The van der Waals surface area contributed by atoms with E-state index in [9.17, 15) is 4.79 Å². The monoisotopic (exact) mass is 324 g/mol. The number of nitrogens with zero attached hydrogens (tertiary/aromatic N) is 1. The molecule has 130 valence electrons. The fourth-order valence-electron chi connectivity index (χ4n) is 2.65. The Bertz CT molecular complexity index is 524. The molecule has 0 aliphatic heterocycles. The molecule has 3 unspecified atom stereocenters. The number of aromatic amines is 1. The van der Waals surface area contributed by atoms with Gasteiger partial charge in [0.2, 0.25) is 0 Å². The third-order valence-corrected chi connectivity index (χ3v) is 3.84. The van der Waals surface area contributed by atoms with E-state index in [1.807, 2.05) is 34.6 Å². The predicted octanol–water partition coefficient (Wildman–Crippen LogP) is 1.88. The highest BCUT2D eigenvalue weighted by Gasteiger charge is 2.43. The minimum Gasteiger partial charge on any atom is -0.444 e. The molecule has 1 aliphatic carbocycles. The van der Waals surface area contributed by atoms with E-state index in [0.29, 0.717) is 13.2 Å². The molecule has 2 rings (SSSR count). The molecule has 1 aliphatic rings. The maximum absolute atomic E-state index is 11.9. The number of alkyl carbamates (subject to hydrolysis) is 1. The first-order chi connectivity index (χ1) is 10.8. The molecule has 1 saturated carbocycles. The van der Waals surface area contributed by atoms with E-state index < -0.39 is 5.60 Å². The van der Waals surface area contributed by atoms with Crippen LogP contribution in [0.15, 0.2) is 6.33 Å². The number of aromatic nitrogens is 2. The molecule has 0 radical (unpaired) electrons. The second-order valence-corrected chi connectivity index (χ2v) is 6.86. The molecule has 0 spiro atoms. The lowest BCUT2D eigenvalue weighted by Gasteiger charge is -2.44. The van der Waals surface area contributed by atoms with Crippen molar-refractivity contribution in [2.45, 2.75) is 71.4 Å². The van der Waals surface area contributed by atoms with E-state index in [2.05, 4.69) is 20.6 Å². The van der Waals surface area contributed by atoms with Crippen LogP contribution in [0, 0.1) is 6.92 Å². The Morgan fingerprint density at radius 2 is 2.22 bits per heavy atom. The van der Waals surface area contributed by atoms with Crippen LogP contribution in [0.4, 0.5) is 4.79 Å². The standard InChI is InChI=1S/C16H28N4O3/c1-6-22-13-7-11(20-15(21)23-16(3,4)5)14(13)17-8-12-10(2)18-9-19-12/h9,11,13-14,17H,6-8H2,1-5H3,(H,18,19)(H,20,21). The average molecular weight is 324 g/mol. The largest absolute Gasteiger partial charge is 0.444 e. The van der Waals surface area contributed by atoms with E-state index in [1.54, 1.807) is 6.33 Å². The first-order valence-corrected chi connectivity index (χ1v) is 8.13. The van der Waals surface area contributed by atoms with Crippen LogP contribution in [-0.4, -0.2) is 46.5 Å². The van der Waals surface area contributed by atoms with Gasteiger partial charge in [0.05, 0.1) is 30.2 Å². The van der Waals surface area contributed by atoms with Crippen molar-refractivity contribution in [3.63, 3.8) is 0 Å². The maximum Gasteiger partial charge on any atom is 0.407 e.